The van der Waals surface area contributed by atoms with Crippen molar-refractivity contribution in [2.75, 3.05) is 0 Å². The Morgan fingerprint density at radius 1 is 0.667 bits per heavy atom. The fourth-order valence-electron chi connectivity index (χ4n) is 2.95. The van der Waals surface area contributed by atoms with Crippen LogP contribution < -0.4 is 0 Å². The molecule has 0 spiro atoms. The number of fused-ring (bicyclic) bond motifs is 1. The summed E-state index contributed by atoms with van der Waals surface area (Å²) in [5.41, 5.74) is 5.58. The molecule has 21 heavy (non-hydrogen) atoms. The summed E-state index contributed by atoms with van der Waals surface area (Å²) in [6.45, 7) is 6.26. The maximum absolute atomic E-state index is 10.9. The zero-order valence-corrected chi connectivity index (χ0v) is 12.7. The molecule has 0 aliphatic heterocycles. The zero-order valence-electron chi connectivity index (χ0n) is 12.7. The van der Waals surface area contributed by atoms with Gasteiger partial charge in [-0.05, 0) is 59.4 Å². The minimum absolute atomic E-state index is 0.588. The second kappa shape index (κ2) is 5.34. The Labute approximate surface area is 125 Å². The summed E-state index contributed by atoms with van der Waals surface area (Å²) in [6.07, 6.45) is -0.588. The highest BCUT2D eigenvalue weighted by atomic mass is 16.3. The number of aliphatic hydroxyl groups is 1. The van der Waals surface area contributed by atoms with E-state index in [-0.39, 0.29) is 0 Å². The highest BCUT2D eigenvalue weighted by Crippen LogP contribution is 2.32. The molecule has 106 valence electrons. The lowest BCUT2D eigenvalue weighted by Crippen LogP contribution is -2.04. The Bertz CT molecular complexity index is 802. The molecule has 0 fully saturated rings. The molecule has 1 N–H and O–H groups in total. The van der Waals surface area contributed by atoms with E-state index in [1.54, 1.807) is 0 Å². The molecule has 0 heterocycles. The van der Waals surface area contributed by atoms with Crippen LogP contribution in [-0.2, 0) is 0 Å². The third-order valence-corrected chi connectivity index (χ3v) is 4.41. The van der Waals surface area contributed by atoms with Crippen molar-refractivity contribution < 1.29 is 5.11 Å². The van der Waals surface area contributed by atoms with Crippen molar-refractivity contribution >= 4 is 10.8 Å². The van der Waals surface area contributed by atoms with Gasteiger partial charge in [0.05, 0.1) is 0 Å². The molecule has 0 aliphatic rings. The van der Waals surface area contributed by atoms with Crippen LogP contribution in [0.2, 0.25) is 0 Å². The summed E-state index contributed by atoms with van der Waals surface area (Å²) in [5.74, 6) is 0. The monoisotopic (exact) mass is 276 g/mol. The van der Waals surface area contributed by atoms with E-state index < -0.39 is 6.10 Å². The molecule has 3 aromatic carbocycles. The normalized spacial score (nSPS) is 12.6. The summed E-state index contributed by atoms with van der Waals surface area (Å²) in [5, 5.41) is 13.2. The van der Waals surface area contributed by atoms with Gasteiger partial charge in [0, 0.05) is 0 Å². The third kappa shape index (κ3) is 2.34. The van der Waals surface area contributed by atoms with Gasteiger partial charge in [-0.25, -0.2) is 0 Å². The van der Waals surface area contributed by atoms with E-state index in [1.165, 1.54) is 16.5 Å². The lowest BCUT2D eigenvalue weighted by molar-refractivity contribution is 0.221. The highest BCUT2D eigenvalue weighted by Gasteiger charge is 2.16. The van der Waals surface area contributed by atoms with Crippen LogP contribution in [0.25, 0.3) is 10.8 Å². The van der Waals surface area contributed by atoms with Gasteiger partial charge in [-0.15, -0.1) is 0 Å². The molecular formula is C20H20O. The topological polar surface area (TPSA) is 20.2 Å². The molecule has 0 aromatic heterocycles. The summed E-state index contributed by atoms with van der Waals surface area (Å²) >= 11 is 0. The molecule has 3 aromatic rings. The molecular weight excluding hydrogens is 256 g/mol. The summed E-state index contributed by atoms with van der Waals surface area (Å²) in [7, 11) is 0. The minimum atomic E-state index is -0.588. The molecule has 1 unspecified atom stereocenters. The van der Waals surface area contributed by atoms with Gasteiger partial charge in [0.2, 0.25) is 0 Å². The number of aliphatic hydroxyl groups excluding tert-OH is 1. The summed E-state index contributed by atoms with van der Waals surface area (Å²) in [6, 6.07) is 18.5. The summed E-state index contributed by atoms with van der Waals surface area (Å²) in [4.78, 5) is 0. The van der Waals surface area contributed by atoms with E-state index in [4.69, 9.17) is 0 Å². The minimum Gasteiger partial charge on any atom is -0.384 e. The Morgan fingerprint density at radius 3 is 2.14 bits per heavy atom. The van der Waals surface area contributed by atoms with Crippen molar-refractivity contribution in [3.8, 4) is 0 Å². The average molecular weight is 276 g/mol. The van der Waals surface area contributed by atoms with E-state index in [2.05, 4.69) is 45.0 Å². The van der Waals surface area contributed by atoms with E-state index in [1.807, 2.05) is 30.3 Å². The smallest absolute Gasteiger partial charge is 0.105 e. The Hall–Kier alpha value is -2.12. The van der Waals surface area contributed by atoms with Crippen molar-refractivity contribution in [1.82, 2.24) is 0 Å². The van der Waals surface area contributed by atoms with Gasteiger partial charge in [-0.2, -0.15) is 0 Å². The van der Waals surface area contributed by atoms with Crippen molar-refractivity contribution in [1.29, 1.82) is 0 Å². The molecule has 0 radical (unpaired) electrons. The number of aryl methyl sites for hydroxylation is 2. The first-order valence-electron chi connectivity index (χ1n) is 7.32. The second-order valence-electron chi connectivity index (χ2n) is 5.71. The first-order chi connectivity index (χ1) is 10.1. The van der Waals surface area contributed by atoms with Crippen molar-refractivity contribution in [3.05, 3.63) is 82.4 Å². The quantitative estimate of drug-likeness (QED) is 0.709. The average Bonchev–Trinajstić information content (AvgIpc) is 2.50. The van der Waals surface area contributed by atoms with Crippen molar-refractivity contribution in [3.63, 3.8) is 0 Å². The fourth-order valence-corrected chi connectivity index (χ4v) is 2.95. The molecule has 3 rings (SSSR count). The molecule has 1 atom stereocenters. The lowest BCUT2D eigenvalue weighted by Gasteiger charge is -2.18. The molecule has 0 aliphatic carbocycles. The predicted molar refractivity (Wildman–Crippen MR) is 88.7 cm³/mol. The van der Waals surface area contributed by atoms with Gasteiger partial charge in [0.25, 0.3) is 0 Å². The van der Waals surface area contributed by atoms with Crippen LogP contribution in [0.1, 0.15) is 33.9 Å². The largest absolute Gasteiger partial charge is 0.384 e. The van der Waals surface area contributed by atoms with E-state index in [0.717, 1.165) is 22.1 Å². The van der Waals surface area contributed by atoms with Crippen molar-refractivity contribution in [2.45, 2.75) is 26.9 Å². The van der Waals surface area contributed by atoms with Gasteiger partial charge in [-0.3, -0.25) is 0 Å². The number of hydrogen-bond acceptors (Lipinski definition) is 1. The Kier molecular flexibility index (Phi) is 3.52. The lowest BCUT2D eigenvalue weighted by atomic mass is 9.90. The Balaban J connectivity index is 2.21. The van der Waals surface area contributed by atoms with Crippen LogP contribution in [0.3, 0.4) is 0 Å². The third-order valence-electron chi connectivity index (χ3n) is 4.41. The first-order valence-corrected chi connectivity index (χ1v) is 7.32. The van der Waals surface area contributed by atoms with E-state index in [0.29, 0.717) is 0 Å². The Morgan fingerprint density at radius 2 is 1.38 bits per heavy atom. The number of benzene rings is 3. The van der Waals surface area contributed by atoms with Gasteiger partial charge in [-0.1, -0.05) is 54.6 Å². The zero-order chi connectivity index (χ0) is 15.0. The van der Waals surface area contributed by atoms with Crippen molar-refractivity contribution in [2.24, 2.45) is 0 Å². The fraction of sp³-hybridized carbons (Fsp3) is 0.200. The van der Waals surface area contributed by atoms with Crippen LogP contribution in [0.5, 0.6) is 0 Å². The second-order valence-corrected chi connectivity index (χ2v) is 5.71. The SMILES string of the molecule is Cc1cccc(C(O)c2ccc(C)c3ccccc23)c1C. The highest BCUT2D eigenvalue weighted by molar-refractivity contribution is 5.89. The first kappa shape index (κ1) is 13.8. The summed E-state index contributed by atoms with van der Waals surface area (Å²) < 4.78 is 0. The molecule has 0 saturated heterocycles. The van der Waals surface area contributed by atoms with Crippen LogP contribution in [-0.4, -0.2) is 5.11 Å². The maximum Gasteiger partial charge on any atom is 0.105 e. The van der Waals surface area contributed by atoms with E-state index in [9.17, 15) is 5.11 Å². The van der Waals surface area contributed by atoms with Gasteiger partial charge >= 0.3 is 0 Å². The molecule has 0 bridgehead atoms. The maximum atomic E-state index is 10.9. The van der Waals surface area contributed by atoms with Gasteiger partial charge in [0.15, 0.2) is 0 Å². The van der Waals surface area contributed by atoms with Gasteiger partial charge < -0.3 is 5.11 Å². The molecule has 0 saturated carbocycles. The van der Waals surface area contributed by atoms with Gasteiger partial charge in [0.1, 0.15) is 6.10 Å². The van der Waals surface area contributed by atoms with Crippen LogP contribution in [0.4, 0.5) is 0 Å². The molecule has 1 heteroatoms. The number of rotatable bonds is 2. The molecule has 1 nitrogen and oxygen atoms in total. The van der Waals surface area contributed by atoms with Crippen LogP contribution in [0, 0.1) is 20.8 Å². The predicted octanol–water partition coefficient (Wildman–Crippen LogP) is 4.85. The number of hydrogen-bond donors (Lipinski definition) is 1. The molecule has 0 amide bonds. The van der Waals surface area contributed by atoms with E-state index >= 15 is 0 Å². The van der Waals surface area contributed by atoms with Crippen LogP contribution >= 0.6 is 0 Å². The van der Waals surface area contributed by atoms with Crippen LogP contribution in [0.15, 0.2) is 54.6 Å². The standard InChI is InChI=1S/C20H20O/c1-13-7-6-10-17(15(13)3)20(21)19-12-11-14(2)16-8-4-5-9-18(16)19/h4-12,20-21H,1-3H3.